The number of carboxylic acid groups (broad SMARTS) is 1. The molecule has 1 aliphatic rings. The van der Waals surface area contributed by atoms with Gasteiger partial charge in [-0.15, -0.1) is 0 Å². The quantitative estimate of drug-likeness (QED) is 0.768. The summed E-state index contributed by atoms with van der Waals surface area (Å²) in [6.45, 7) is 4.66. The van der Waals surface area contributed by atoms with E-state index in [0.717, 1.165) is 23.5 Å². The fourth-order valence-electron chi connectivity index (χ4n) is 3.59. The SMILES string of the molecule is COc1ccc(CCCC(=O)N2CCC(C(=O)O)(C(C)C)C2)c(OC)c1. The summed E-state index contributed by atoms with van der Waals surface area (Å²) in [4.78, 5) is 25.9. The average Bonchev–Trinajstić information content (AvgIpc) is 3.09. The molecule has 1 aromatic carbocycles. The maximum Gasteiger partial charge on any atom is 0.311 e. The van der Waals surface area contributed by atoms with Crippen LogP contribution in [0.15, 0.2) is 18.2 Å². The zero-order chi connectivity index (χ0) is 19.3. The van der Waals surface area contributed by atoms with Gasteiger partial charge in [0, 0.05) is 25.6 Å². The minimum atomic E-state index is -0.811. The highest BCUT2D eigenvalue weighted by Crippen LogP contribution is 2.38. The number of ether oxygens (including phenoxy) is 2. The lowest BCUT2D eigenvalue weighted by atomic mass is 9.76. The number of benzene rings is 1. The third-order valence-electron chi connectivity index (χ3n) is 5.52. The van der Waals surface area contributed by atoms with Crippen molar-refractivity contribution in [3.05, 3.63) is 23.8 Å². The molecular formula is C20H29NO5. The lowest BCUT2D eigenvalue weighted by Gasteiger charge is -2.28. The first-order valence-corrected chi connectivity index (χ1v) is 9.06. The van der Waals surface area contributed by atoms with Crippen LogP contribution in [-0.4, -0.2) is 49.2 Å². The Morgan fingerprint density at radius 1 is 1.27 bits per heavy atom. The highest BCUT2D eigenvalue weighted by Gasteiger charge is 2.48. The van der Waals surface area contributed by atoms with Crippen molar-refractivity contribution in [2.75, 3.05) is 27.3 Å². The molecule has 1 heterocycles. The first-order chi connectivity index (χ1) is 12.3. The van der Waals surface area contributed by atoms with Crippen molar-refractivity contribution in [2.45, 2.75) is 39.5 Å². The zero-order valence-electron chi connectivity index (χ0n) is 16.1. The number of methoxy groups -OCH3 is 2. The maximum absolute atomic E-state index is 12.5. The Morgan fingerprint density at radius 2 is 2.00 bits per heavy atom. The molecule has 1 N–H and O–H groups in total. The molecule has 0 radical (unpaired) electrons. The van der Waals surface area contributed by atoms with Crippen molar-refractivity contribution < 1.29 is 24.2 Å². The molecule has 0 spiro atoms. The Bertz CT molecular complexity index is 658. The Labute approximate surface area is 155 Å². The van der Waals surface area contributed by atoms with Gasteiger partial charge in [0.1, 0.15) is 11.5 Å². The van der Waals surface area contributed by atoms with Gasteiger partial charge in [-0.1, -0.05) is 19.9 Å². The van der Waals surface area contributed by atoms with Gasteiger partial charge in [0.2, 0.25) is 5.91 Å². The molecule has 1 fully saturated rings. The van der Waals surface area contributed by atoms with Crippen molar-refractivity contribution in [1.29, 1.82) is 0 Å². The second-order valence-electron chi connectivity index (χ2n) is 7.21. The van der Waals surface area contributed by atoms with Gasteiger partial charge in [0.25, 0.3) is 0 Å². The van der Waals surface area contributed by atoms with Gasteiger partial charge in [0.15, 0.2) is 0 Å². The van der Waals surface area contributed by atoms with Crippen molar-refractivity contribution in [2.24, 2.45) is 11.3 Å². The molecule has 2 rings (SSSR count). The van der Waals surface area contributed by atoms with Crippen LogP contribution < -0.4 is 9.47 Å². The van der Waals surface area contributed by atoms with Crippen molar-refractivity contribution in [1.82, 2.24) is 4.90 Å². The van der Waals surface area contributed by atoms with Crippen LogP contribution in [0.5, 0.6) is 11.5 Å². The van der Waals surface area contributed by atoms with Crippen LogP contribution in [0.4, 0.5) is 0 Å². The lowest BCUT2D eigenvalue weighted by molar-refractivity contribution is -0.151. The summed E-state index contributed by atoms with van der Waals surface area (Å²) in [5.74, 6) is 0.716. The molecule has 0 aromatic heterocycles. The molecule has 144 valence electrons. The topological polar surface area (TPSA) is 76.1 Å². The first-order valence-electron chi connectivity index (χ1n) is 9.06. The zero-order valence-corrected chi connectivity index (χ0v) is 16.1. The van der Waals surface area contributed by atoms with Crippen molar-refractivity contribution >= 4 is 11.9 Å². The highest BCUT2D eigenvalue weighted by atomic mass is 16.5. The second kappa shape index (κ2) is 8.43. The van der Waals surface area contributed by atoms with Crippen LogP contribution >= 0.6 is 0 Å². The van der Waals surface area contributed by atoms with Gasteiger partial charge in [-0.2, -0.15) is 0 Å². The van der Waals surface area contributed by atoms with Crippen LogP contribution in [-0.2, 0) is 16.0 Å². The van der Waals surface area contributed by atoms with Gasteiger partial charge in [-0.05, 0) is 36.8 Å². The molecule has 1 amide bonds. The fourth-order valence-corrected chi connectivity index (χ4v) is 3.59. The molecule has 0 bridgehead atoms. The van der Waals surface area contributed by atoms with Crippen molar-refractivity contribution in [3.63, 3.8) is 0 Å². The van der Waals surface area contributed by atoms with E-state index in [-0.39, 0.29) is 11.8 Å². The Kier molecular flexibility index (Phi) is 6.51. The number of amides is 1. The normalized spacial score (nSPS) is 19.7. The van der Waals surface area contributed by atoms with E-state index in [1.54, 1.807) is 19.1 Å². The lowest BCUT2D eigenvalue weighted by Crippen LogP contribution is -2.40. The summed E-state index contributed by atoms with van der Waals surface area (Å²) in [5.41, 5.74) is 0.221. The predicted molar refractivity (Wildman–Crippen MR) is 98.6 cm³/mol. The number of rotatable bonds is 8. The number of hydrogen-bond acceptors (Lipinski definition) is 4. The molecule has 6 nitrogen and oxygen atoms in total. The molecular weight excluding hydrogens is 334 g/mol. The van der Waals surface area contributed by atoms with Gasteiger partial charge in [-0.25, -0.2) is 0 Å². The number of carbonyl (C=O) groups excluding carboxylic acids is 1. The highest BCUT2D eigenvalue weighted by molar-refractivity contribution is 5.80. The van der Waals surface area contributed by atoms with Gasteiger partial charge < -0.3 is 19.5 Å². The molecule has 1 aromatic rings. The first kappa shape index (κ1) is 20.1. The summed E-state index contributed by atoms with van der Waals surface area (Å²) < 4.78 is 10.6. The summed E-state index contributed by atoms with van der Waals surface area (Å²) in [6.07, 6.45) is 2.35. The number of aryl methyl sites for hydroxylation is 1. The summed E-state index contributed by atoms with van der Waals surface area (Å²) in [5, 5.41) is 9.60. The third kappa shape index (κ3) is 4.11. The number of aliphatic carboxylic acids is 1. The number of carboxylic acids is 1. The number of carbonyl (C=O) groups is 2. The Balaban J connectivity index is 1.91. The molecule has 0 aliphatic carbocycles. The second-order valence-corrected chi connectivity index (χ2v) is 7.21. The minimum Gasteiger partial charge on any atom is -0.497 e. The number of hydrogen-bond donors (Lipinski definition) is 1. The largest absolute Gasteiger partial charge is 0.497 e. The molecule has 1 unspecified atom stereocenters. The molecule has 0 saturated carbocycles. The number of nitrogens with zero attached hydrogens (tertiary/aromatic N) is 1. The Morgan fingerprint density at radius 3 is 2.54 bits per heavy atom. The van der Waals surface area contributed by atoms with E-state index >= 15 is 0 Å². The summed E-state index contributed by atoms with van der Waals surface area (Å²) in [7, 11) is 3.22. The van der Waals surface area contributed by atoms with Crippen LogP contribution in [0, 0.1) is 11.3 Å². The fraction of sp³-hybridized carbons (Fsp3) is 0.600. The molecule has 1 atom stereocenters. The van der Waals surface area contributed by atoms with E-state index in [0.29, 0.717) is 32.4 Å². The van der Waals surface area contributed by atoms with Gasteiger partial charge in [-0.3, -0.25) is 9.59 Å². The van der Waals surface area contributed by atoms with Crippen LogP contribution in [0.1, 0.15) is 38.7 Å². The average molecular weight is 363 g/mol. The van der Waals surface area contributed by atoms with Crippen LogP contribution in [0.2, 0.25) is 0 Å². The summed E-state index contributed by atoms with van der Waals surface area (Å²) >= 11 is 0. The monoisotopic (exact) mass is 363 g/mol. The predicted octanol–water partition coefficient (Wildman–Crippen LogP) is 2.99. The maximum atomic E-state index is 12.5. The van der Waals surface area contributed by atoms with E-state index in [2.05, 4.69) is 0 Å². The van der Waals surface area contributed by atoms with Gasteiger partial charge >= 0.3 is 5.97 Å². The van der Waals surface area contributed by atoms with E-state index in [1.165, 1.54) is 0 Å². The van der Waals surface area contributed by atoms with Gasteiger partial charge in [0.05, 0.1) is 19.6 Å². The Hall–Kier alpha value is -2.24. The standard InChI is InChI=1S/C20H29NO5/c1-14(2)20(19(23)24)10-11-21(13-20)18(22)7-5-6-15-8-9-16(25-3)12-17(15)26-4/h8-9,12,14H,5-7,10-11,13H2,1-4H3,(H,23,24). The van der Waals surface area contributed by atoms with E-state index < -0.39 is 11.4 Å². The third-order valence-corrected chi connectivity index (χ3v) is 5.52. The van der Waals surface area contributed by atoms with Crippen LogP contribution in [0.25, 0.3) is 0 Å². The minimum absolute atomic E-state index is 0.00126. The number of likely N-dealkylation sites (tertiary alicyclic amines) is 1. The molecule has 26 heavy (non-hydrogen) atoms. The molecule has 1 aliphatic heterocycles. The van der Waals surface area contributed by atoms with E-state index in [4.69, 9.17) is 9.47 Å². The van der Waals surface area contributed by atoms with Crippen molar-refractivity contribution in [3.8, 4) is 11.5 Å². The smallest absolute Gasteiger partial charge is 0.311 e. The van der Waals surface area contributed by atoms with Crippen LogP contribution in [0.3, 0.4) is 0 Å². The summed E-state index contributed by atoms with van der Waals surface area (Å²) in [6, 6.07) is 5.66. The molecule has 1 saturated heterocycles. The van der Waals surface area contributed by atoms with E-state index in [9.17, 15) is 14.7 Å². The molecule has 6 heteroatoms. The van der Waals surface area contributed by atoms with E-state index in [1.807, 2.05) is 32.0 Å².